The average molecular weight is 294 g/mol. The Morgan fingerprint density at radius 3 is 2.71 bits per heavy atom. The molecule has 0 amide bonds. The lowest BCUT2D eigenvalue weighted by Gasteiger charge is -2.26. The quantitative estimate of drug-likeness (QED) is 0.538. The average Bonchev–Trinajstić information content (AvgIpc) is 2.52. The molecule has 1 aromatic carbocycles. The van der Waals surface area contributed by atoms with E-state index in [0.717, 1.165) is 38.4 Å². The first-order valence-electron chi connectivity index (χ1n) is 7.20. The van der Waals surface area contributed by atoms with Crippen LogP contribution in [0.4, 0.5) is 0 Å². The van der Waals surface area contributed by atoms with E-state index in [9.17, 15) is 9.90 Å². The van der Waals surface area contributed by atoms with Gasteiger partial charge in [-0.2, -0.15) is 5.48 Å². The minimum atomic E-state index is -0.912. The number of ether oxygens (including phenoxy) is 1. The van der Waals surface area contributed by atoms with Crippen LogP contribution in [0.1, 0.15) is 5.56 Å². The number of hydroxylamine groups is 1. The van der Waals surface area contributed by atoms with Gasteiger partial charge in [-0.15, -0.1) is 0 Å². The Balaban J connectivity index is 1.69. The van der Waals surface area contributed by atoms with Crippen molar-refractivity contribution in [2.45, 2.75) is 12.5 Å². The molecule has 2 N–H and O–H groups in total. The summed E-state index contributed by atoms with van der Waals surface area (Å²) in [5, 5.41) is 9.21. The highest BCUT2D eigenvalue weighted by atomic mass is 16.6. The first kappa shape index (κ1) is 15.9. The number of carboxylic acids is 1. The molecule has 1 fully saturated rings. The number of hydrogen-bond acceptors (Lipinski definition) is 5. The lowest BCUT2D eigenvalue weighted by molar-refractivity contribution is -0.144. The van der Waals surface area contributed by atoms with E-state index >= 15 is 0 Å². The topological polar surface area (TPSA) is 71.0 Å². The van der Waals surface area contributed by atoms with Gasteiger partial charge in [0.1, 0.15) is 6.04 Å². The van der Waals surface area contributed by atoms with Gasteiger partial charge in [0.05, 0.1) is 19.8 Å². The van der Waals surface area contributed by atoms with Crippen molar-refractivity contribution in [1.82, 2.24) is 10.4 Å². The van der Waals surface area contributed by atoms with Crippen molar-refractivity contribution in [1.29, 1.82) is 0 Å². The van der Waals surface area contributed by atoms with E-state index in [1.165, 1.54) is 0 Å². The minimum absolute atomic E-state index is 0.397. The van der Waals surface area contributed by atoms with Gasteiger partial charge in [-0.05, 0) is 5.56 Å². The summed E-state index contributed by atoms with van der Waals surface area (Å²) in [4.78, 5) is 18.8. The number of aliphatic carboxylic acids is 1. The molecule has 0 bridgehead atoms. The zero-order valence-electron chi connectivity index (χ0n) is 12.0. The molecule has 21 heavy (non-hydrogen) atoms. The summed E-state index contributed by atoms with van der Waals surface area (Å²) in [6.07, 6.45) is 0.397. The second-order valence-electron chi connectivity index (χ2n) is 5.00. The molecule has 116 valence electrons. The molecular weight excluding hydrogens is 272 g/mol. The molecule has 0 aromatic heterocycles. The van der Waals surface area contributed by atoms with E-state index in [1.807, 2.05) is 30.3 Å². The van der Waals surface area contributed by atoms with Gasteiger partial charge in [0.2, 0.25) is 0 Å². The fraction of sp³-hybridized carbons (Fsp3) is 0.533. The highest BCUT2D eigenvalue weighted by molar-refractivity contribution is 5.73. The van der Waals surface area contributed by atoms with Gasteiger partial charge < -0.3 is 9.84 Å². The van der Waals surface area contributed by atoms with E-state index in [0.29, 0.717) is 13.0 Å². The van der Waals surface area contributed by atoms with Gasteiger partial charge in [-0.1, -0.05) is 30.3 Å². The van der Waals surface area contributed by atoms with Crippen molar-refractivity contribution in [3.8, 4) is 0 Å². The molecule has 0 unspecified atom stereocenters. The second kappa shape index (κ2) is 8.74. The molecule has 6 heteroatoms. The van der Waals surface area contributed by atoms with Crippen molar-refractivity contribution in [2.75, 3.05) is 39.5 Å². The fourth-order valence-corrected chi connectivity index (χ4v) is 2.19. The summed E-state index contributed by atoms with van der Waals surface area (Å²) in [6, 6.07) is 8.78. The molecule has 1 aliphatic rings. The zero-order valence-corrected chi connectivity index (χ0v) is 12.0. The lowest BCUT2D eigenvalue weighted by atomic mass is 10.1. The number of hydrogen-bond donors (Lipinski definition) is 2. The molecule has 1 atom stereocenters. The van der Waals surface area contributed by atoms with Gasteiger partial charge in [0.15, 0.2) is 0 Å². The molecule has 0 spiro atoms. The number of benzene rings is 1. The van der Waals surface area contributed by atoms with Crippen LogP contribution in [-0.4, -0.2) is 61.5 Å². The van der Waals surface area contributed by atoms with Crippen molar-refractivity contribution in [2.24, 2.45) is 0 Å². The standard InChI is InChI=1S/C15H22N2O4/c18-15(19)14(12-13-4-2-1-3-5-13)16-21-11-8-17-6-9-20-10-7-17/h1-5,14,16H,6-12H2,(H,18,19)/t14-/m0/s1. The summed E-state index contributed by atoms with van der Waals surface area (Å²) >= 11 is 0. The van der Waals surface area contributed by atoms with Crippen LogP contribution in [0, 0.1) is 0 Å². The summed E-state index contributed by atoms with van der Waals surface area (Å²) in [5.41, 5.74) is 3.62. The van der Waals surface area contributed by atoms with Crippen LogP contribution in [0.3, 0.4) is 0 Å². The van der Waals surface area contributed by atoms with Crippen LogP contribution in [0.15, 0.2) is 30.3 Å². The second-order valence-corrected chi connectivity index (χ2v) is 5.00. The molecule has 6 nitrogen and oxygen atoms in total. The van der Waals surface area contributed by atoms with E-state index in [1.54, 1.807) is 0 Å². The molecule has 1 aliphatic heterocycles. The zero-order chi connectivity index (χ0) is 14.9. The van der Waals surface area contributed by atoms with Crippen LogP contribution >= 0.6 is 0 Å². The van der Waals surface area contributed by atoms with Crippen LogP contribution in [0.5, 0.6) is 0 Å². The maximum Gasteiger partial charge on any atom is 0.323 e. The van der Waals surface area contributed by atoms with Crippen molar-refractivity contribution >= 4 is 5.97 Å². The predicted octanol–water partition coefficient (Wildman–Crippen LogP) is 0.536. The first-order chi connectivity index (χ1) is 10.3. The third-order valence-electron chi connectivity index (χ3n) is 3.42. The molecule has 2 rings (SSSR count). The fourth-order valence-electron chi connectivity index (χ4n) is 2.19. The van der Waals surface area contributed by atoms with E-state index in [4.69, 9.17) is 9.57 Å². The van der Waals surface area contributed by atoms with Crippen LogP contribution < -0.4 is 5.48 Å². The Bertz CT molecular complexity index is 421. The van der Waals surface area contributed by atoms with Crippen LogP contribution in [-0.2, 0) is 20.8 Å². The molecule has 0 saturated carbocycles. The Hall–Kier alpha value is -1.47. The normalized spacial score (nSPS) is 17.5. The Morgan fingerprint density at radius 1 is 1.33 bits per heavy atom. The summed E-state index contributed by atoms with van der Waals surface area (Å²) in [5.74, 6) is -0.912. The SMILES string of the molecule is O=C(O)[C@H](Cc1ccccc1)NOCCN1CCOCC1. The van der Waals surface area contributed by atoms with Crippen molar-refractivity contribution in [3.05, 3.63) is 35.9 Å². The highest BCUT2D eigenvalue weighted by Crippen LogP contribution is 2.03. The monoisotopic (exact) mass is 294 g/mol. The van der Waals surface area contributed by atoms with Crippen molar-refractivity contribution in [3.63, 3.8) is 0 Å². The number of morpholine rings is 1. The summed E-state index contributed by atoms with van der Waals surface area (Å²) < 4.78 is 5.27. The molecule has 0 radical (unpaired) electrons. The third-order valence-corrected chi connectivity index (χ3v) is 3.42. The maximum absolute atomic E-state index is 11.2. The summed E-state index contributed by atoms with van der Waals surface area (Å²) in [7, 11) is 0. The molecule has 0 aliphatic carbocycles. The van der Waals surface area contributed by atoms with Crippen LogP contribution in [0.2, 0.25) is 0 Å². The lowest BCUT2D eigenvalue weighted by Crippen LogP contribution is -2.42. The van der Waals surface area contributed by atoms with Gasteiger partial charge >= 0.3 is 5.97 Å². The number of nitrogens with one attached hydrogen (secondary N) is 1. The predicted molar refractivity (Wildman–Crippen MR) is 77.9 cm³/mol. The van der Waals surface area contributed by atoms with E-state index in [-0.39, 0.29) is 0 Å². The largest absolute Gasteiger partial charge is 0.480 e. The molecule has 1 heterocycles. The highest BCUT2D eigenvalue weighted by Gasteiger charge is 2.18. The number of nitrogens with zero attached hydrogens (tertiary/aromatic N) is 1. The van der Waals surface area contributed by atoms with Gasteiger partial charge in [-0.25, -0.2) is 0 Å². The van der Waals surface area contributed by atoms with Gasteiger partial charge in [-0.3, -0.25) is 14.5 Å². The first-order valence-corrected chi connectivity index (χ1v) is 7.20. The smallest absolute Gasteiger partial charge is 0.323 e. The Morgan fingerprint density at radius 2 is 2.05 bits per heavy atom. The maximum atomic E-state index is 11.2. The summed E-state index contributed by atoms with van der Waals surface area (Å²) in [6.45, 7) is 4.52. The van der Waals surface area contributed by atoms with E-state index < -0.39 is 12.0 Å². The Labute approximate surface area is 124 Å². The molecular formula is C15H22N2O4. The third kappa shape index (κ3) is 5.81. The number of rotatable bonds is 8. The molecule has 1 aromatic rings. The van der Waals surface area contributed by atoms with Gasteiger partial charge in [0, 0.05) is 26.1 Å². The Kier molecular flexibility index (Phi) is 6.62. The van der Waals surface area contributed by atoms with Crippen LogP contribution in [0.25, 0.3) is 0 Å². The van der Waals surface area contributed by atoms with Crippen molar-refractivity contribution < 1.29 is 19.5 Å². The number of carboxylic acid groups (broad SMARTS) is 1. The van der Waals surface area contributed by atoms with Gasteiger partial charge in [0.25, 0.3) is 0 Å². The molecule has 1 saturated heterocycles. The number of carbonyl (C=O) groups is 1. The minimum Gasteiger partial charge on any atom is -0.480 e. The van der Waals surface area contributed by atoms with E-state index in [2.05, 4.69) is 10.4 Å².